The van der Waals surface area contributed by atoms with E-state index < -0.39 is 11.9 Å². The summed E-state index contributed by atoms with van der Waals surface area (Å²) in [5.41, 5.74) is 5.42. The van der Waals surface area contributed by atoms with Crippen molar-refractivity contribution in [2.45, 2.75) is 25.7 Å². The highest BCUT2D eigenvalue weighted by molar-refractivity contribution is 5.92. The van der Waals surface area contributed by atoms with E-state index in [9.17, 15) is 9.59 Å². The third-order valence-corrected chi connectivity index (χ3v) is 5.66. The topological polar surface area (TPSA) is 52.6 Å². The van der Waals surface area contributed by atoms with Gasteiger partial charge in [-0.25, -0.2) is 19.4 Å². The van der Waals surface area contributed by atoms with E-state index in [2.05, 4.69) is 24.3 Å². The van der Waals surface area contributed by atoms with Crippen LogP contribution in [0.5, 0.6) is 0 Å². The van der Waals surface area contributed by atoms with Gasteiger partial charge in [0.15, 0.2) is 0 Å². The lowest BCUT2D eigenvalue weighted by molar-refractivity contribution is -0.187. The molecule has 0 N–H and O–H groups in total. The van der Waals surface area contributed by atoms with Gasteiger partial charge in [0, 0.05) is 0 Å². The van der Waals surface area contributed by atoms with E-state index in [0.29, 0.717) is 11.1 Å². The molecule has 0 aliphatic carbocycles. The number of hydrogen-bond donors (Lipinski definition) is 0. The SMILES string of the molecule is O=C(OOC(=O)c1ccc(CCc2ccccc2)cc1)c1ccc(CCc2ccccc2)cc1. The molecule has 0 radical (unpaired) electrons. The number of rotatable bonds is 8. The minimum absolute atomic E-state index is 0.326. The predicted molar refractivity (Wildman–Crippen MR) is 131 cm³/mol. The molecule has 0 bridgehead atoms. The third kappa shape index (κ3) is 6.66. The molecule has 0 heterocycles. The second-order valence-corrected chi connectivity index (χ2v) is 8.11. The third-order valence-electron chi connectivity index (χ3n) is 5.66. The first-order chi connectivity index (χ1) is 16.7. The number of benzene rings is 4. The van der Waals surface area contributed by atoms with Gasteiger partial charge in [-0.15, -0.1) is 0 Å². The summed E-state index contributed by atoms with van der Waals surface area (Å²) in [5, 5.41) is 0. The largest absolute Gasteiger partial charge is 0.386 e. The molecule has 4 rings (SSSR count). The van der Waals surface area contributed by atoms with Crippen molar-refractivity contribution in [3.8, 4) is 0 Å². The summed E-state index contributed by atoms with van der Waals surface area (Å²) >= 11 is 0. The van der Waals surface area contributed by atoms with Crippen molar-refractivity contribution in [2.24, 2.45) is 0 Å². The summed E-state index contributed by atoms with van der Waals surface area (Å²) in [6, 6.07) is 34.7. The zero-order chi connectivity index (χ0) is 23.6. The van der Waals surface area contributed by atoms with E-state index in [1.54, 1.807) is 24.3 Å². The van der Waals surface area contributed by atoms with Gasteiger partial charge in [0.05, 0.1) is 11.1 Å². The van der Waals surface area contributed by atoms with Crippen LogP contribution in [-0.2, 0) is 35.5 Å². The Bertz CT molecular complexity index is 1100. The highest BCUT2D eigenvalue weighted by Gasteiger charge is 2.14. The molecule has 34 heavy (non-hydrogen) atoms. The maximum Gasteiger partial charge on any atom is 0.386 e. The summed E-state index contributed by atoms with van der Waals surface area (Å²) in [6.07, 6.45) is 3.59. The zero-order valence-corrected chi connectivity index (χ0v) is 18.9. The summed E-state index contributed by atoms with van der Waals surface area (Å²) in [5.74, 6) is -1.41. The Morgan fingerprint density at radius 3 is 1.03 bits per heavy atom. The normalized spacial score (nSPS) is 10.5. The van der Waals surface area contributed by atoms with Gasteiger partial charge in [0.2, 0.25) is 0 Å². The first kappa shape index (κ1) is 23.0. The van der Waals surface area contributed by atoms with Crippen molar-refractivity contribution in [3.05, 3.63) is 143 Å². The van der Waals surface area contributed by atoms with Crippen LogP contribution in [-0.4, -0.2) is 11.9 Å². The van der Waals surface area contributed by atoms with Gasteiger partial charge in [-0.1, -0.05) is 84.9 Å². The molecule has 0 aromatic heterocycles. The van der Waals surface area contributed by atoms with Gasteiger partial charge in [0.1, 0.15) is 0 Å². The molecule has 170 valence electrons. The second kappa shape index (κ2) is 11.6. The van der Waals surface area contributed by atoms with E-state index in [1.807, 2.05) is 60.7 Å². The van der Waals surface area contributed by atoms with E-state index >= 15 is 0 Å². The minimum atomic E-state index is -0.706. The van der Waals surface area contributed by atoms with Crippen LogP contribution in [0, 0.1) is 0 Å². The highest BCUT2D eigenvalue weighted by Crippen LogP contribution is 2.13. The molecule has 4 heteroatoms. The molecule has 4 aromatic carbocycles. The number of hydrogen-bond acceptors (Lipinski definition) is 4. The standard InChI is InChI=1S/C30H26O4/c31-29(27-19-15-25(16-20-27)13-11-23-7-3-1-4-8-23)33-34-30(32)28-21-17-26(18-22-28)14-12-24-9-5-2-6-10-24/h1-10,15-22H,11-14H2. The molecule has 0 saturated carbocycles. The van der Waals surface area contributed by atoms with Crippen LogP contribution in [0.3, 0.4) is 0 Å². The van der Waals surface area contributed by atoms with Gasteiger partial charge >= 0.3 is 11.9 Å². The summed E-state index contributed by atoms with van der Waals surface area (Å²) < 4.78 is 0. The van der Waals surface area contributed by atoms with Gasteiger partial charge in [-0.3, -0.25) is 0 Å². The monoisotopic (exact) mass is 450 g/mol. The molecule has 0 amide bonds. The Hall–Kier alpha value is -4.18. The highest BCUT2D eigenvalue weighted by atomic mass is 17.2. The lowest BCUT2D eigenvalue weighted by atomic mass is 10.0. The van der Waals surface area contributed by atoms with E-state index in [4.69, 9.17) is 9.78 Å². The van der Waals surface area contributed by atoms with Gasteiger partial charge < -0.3 is 0 Å². The molecule has 0 aliphatic heterocycles. The number of carbonyl (C=O) groups is 2. The molecular formula is C30H26O4. The van der Waals surface area contributed by atoms with Crippen molar-refractivity contribution >= 4 is 11.9 Å². The summed E-state index contributed by atoms with van der Waals surface area (Å²) in [4.78, 5) is 34.0. The molecule has 0 saturated heterocycles. The van der Waals surface area contributed by atoms with Gasteiger partial charge in [0.25, 0.3) is 0 Å². The Balaban J connectivity index is 1.23. The maximum absolute atomic E-state index is 12.2. The molecule has 4 nitrogen and oxygen atoms in total. The van der Waals surface area contributed by atoms with Crippen molar-refractivity contribution in [1.29, 1.82) is 0 Å². The van der Waals surface area contributed by atoms with Crippen molar-refractivity contribution < 1.29 is 19.4 Å². The van der Waals surface area contributed by atoms with Crippen LogP contribution >= 0.6 is 0 Å². The Morgan fingerprint density at radius 2 is 0.706 bits per heavy atom. The van der Waals surface area contributed by atoms with Gasteiger partial charge in [-0.05, 0) is 72.2 Å². The van der Waals surface area contributed by atoms with Crippen LogP contribution in [0.4, 0.5) is 0 Å². The lowest BCUT2D eigenvalue weighted by Crippen LogP contribution is -2.12. The summed E-state index contributed by atoms with van der Waals surface area (Å²) in [6.45, 7) is 0. The Labute approximate surface area is 199 Å². The molecule has 0 unspecified atom stereocenters. The van der Waals surface area contributed by atoms with Crippen LogP contribution in [0.15, 0.2) is 109 Å². The molecular weight excluding hydrogens is 424 g/mol. The van der Waals surface area contributed by atoms with Crippen LogP contribution in [0.2, 0.25) is 0 Å². The van der Waals surface area contributed by atoms with E-state index in [-0.39, 0.29) is 0 Å². The van der Waals surface area contributed by atoms with Crippen LogP contribution in [0.25, 0.3) is 0 Å². The maximum atomic E-state index is 12.2. The average molecular weight is 451 g/mol. The number of carbonyl (C=O) groups excluding carboxylic acids is 2. The van der Waals surface area contributed by atoms with Gasteiger partial charge in [-0.2, -0.15) is 0 Å². The van der Waals surface area contributed by atoms with E-state index in [1.165, 1.54) is 11.1 Å². The quantitative estimate of drug-likeness (QED) is 0.237. The fourth-order valence-electron chi connectivity index (χ4n) is 3.65. The predicted octanol–water partition coefficient (Wildman–Crippen LogP) is 6.19. The average Bonchev–Trinajstić information content (AvgIpc) is 2.91. The fourth-order valence-corrected chi connectivity index (χ4v) is 3.65. The molecule has 0 fully saturated rings. The van der Waals surface area contributed by atoms with Crippen molar-refractivity contribution in [1.82, 2.24) is 0 Å². The Morgan fingerprint density at radius 1 is 0.412 bits per heavy atom. The molecule has 0 atom stereocenters. The Kier molecular flexibility index (Phi) is 7.86. The molecule has 0 spiro atoms. The van der Waals surface area contributed by atoms with Crippen LogP contribution < -0.4 is 0 Å². The summed E-state index contributed by atoms with van der Waals surface area (Å²) in [7, 11) is 0. The lowest BCUT2D eigenvalue weighted by Gasteiger charge is -2.06. The minimum Gasteiger partial charge on any atom is -0.242 e. The zero-order valence-electron chi connectivity index (χ0n) is 18.9. The van der Waals surface area contributed by atoms with Crippen molar-refractivity contribution in [2.75, 3.05) is 0 Å². The molecule has 4 aromatic rings. The van der Waals surface area contributed by atoms with E-state index in [0.717, 1.165) is 36.8 Å². The second-order valence-electron chi connectivity index (χ2n) is 8.11. The smallest absolute Gasteiger partial charge is 0.242 e. The first-order valence-electron chi connectivity index (χ1n) is 11.4. The van der Waals surface area contributed by atoms with Crippen molar-refractivity contribution in [3.63, 3.8) is 0 Å². The number of aryl methyl sites for hydroxylation is 4. The fraction of sp³-hybridized carbons (Fsp3) is 0.133. The first-order valence-corrected chi connectivity index (χ1v) is 11.4. The van der Waals surface area contributed by atoms with Crippen LogP contribution in [0.1, 0.15) is 43.0 Å². The molecule has 0 aliphatic rings.